The standard InChI is InChI=1S/C44H75N9O11/c1-25(2)16-32(20-54)45-29(9)41(61)51-13-15-53(43(63)38(51)46-33(21-55)17-26(3)4)40(48-35(23-57)19-28(7)8)44(64)52-14-12-50(37(31(11)60)49-36(24-58)30(10)59)42(62)39(52)47-34(22-56)18-27(5)6/h20-30,32-40,45-49,59H,12-19H2,1-11H3/t29-,30-,32+,33+,34+,35+,36-,37-,38-,39-,40-/m1/s1. The van der Waals surface area contributed by atoms with Gasteiger partial charge in [-0.25, -0.2) is 0 Å². The second kappa shape index (κ2) is 26.6. The molecule has 2 saturated heterocycles. The number of aliphatic hydroxyl groups excluding tert-OH is 1. The summed E-state index contributed by atoms with van der Waals surface area (Å²) in [5.74, 6) is -3.58. The maximum atomic E-state index is 15.2. The number of piperazine rings is 2. The van der Waals surface area contributed by atoms with E-state index in [4.69, 9.17) is 0 Å². The zero-order chi connectivity index (χ0) is 48.6. The van der Waals surface area contributed by atoms with Crippen LogP contribution in [-0.4, -0.2) is 179 Å². The van der Waals surface area contributed by atoms with Crippen molar-refractivity contribution in [2.75, 3.05) is 26.2 Å². The number of Topliss-reactive ketones (excluding diaryl/α,β-unsaturated/α-hetero) is 1. The molecule has 64 heavy (non-hydrogen) atoms. The molecule has 0 bridgehead atoms. The first-order chi connectivity index (χ1) is 30.0. The Hall–Kier alpha value is -4.34. The minimum Gasteiger partial charge on any atom is -0.391 e. The van der Waals surface area contributed by atoms with Crippen LogP contribution in [0.3, 0.4) is 0 Å². The van der Waals surface area contributed by atoms with E-state index in [1.807, 2.05) is 55.4 Å². The summed E-state index contributed by atoms with van der Waals surface area (Å²) >= 11 is 0. The summed E-state index contributed by atoms with van der Waals surface area (Å²) in [6.07, 6.45) is -3.20. The van der Waals surface area contributed by atoms with Gasteiger partial charge in [-0.3, -0.25) is 50.6 Å². The zero-order valence-corrected chi connectivity index (χ0v) is 39.5. The van der Waals surface area contributed by atoms with E-state index in [-0.39, 0.29) is 62.7 Å². The van der Waals surface area contributed by atoms with Crippen molar-refractivity contribution in [1.82, 2.24) is 46.2 Å². The van der Waals surface area contributed by atoms with Crippen LogP contribution in [0.2, 0.25) is 0 Å². The first-order valence-electron chi connectivity index (χ1n) is 22.5. The largest absolute Gasteiger partial charge is 0.391 e. The minimum atomic E-state index is -1.64. The van der Waals surface area contributed by atoms with Gasteiger partial charge in [0.2, 0.25) is 5.91 Å². The summed E-state index contributed by atoms with van der Waals surface area (Å²) in [5, 5.41) is 25.0. The Labute approximate surface area is 378 Å². The van der Waals surface area contributed by atoms with Gasteiger partial charge in [0.15, 0.2) is 24.3 Å². The molecule has 2 aliphatic heterocycles. The van der Waals surface area contributed by atoms with Crippen LogP contribution in [0.25, 0.3) is 0 Å². The Morgan fingerprint density at radius 3 is 1.28 bits per heavy atom. The van der Waals surface area contributed by atoms with Crippen LogP contribution in [0.4, 0.5) is 0 Å². The van der Waals surface area contributed by atoms with E-state index >= 15 is 4.79 Å². The first kappa shape index (κ1) is 55.8. The molecule has 20 nitrogen and oxygen atoms in total. The van der Waals surface area contributed by atoms with E-state index in [1.54, 1.807) is 6.92 Å². The van der Waals surface area contributed by atoms with Gasteiger partial charge < -0.3 is 48.7 Å². The fourth-order valence-electron chi connectivity index (χ4n) is 8.09. The lowest BCUT2D eigenvalue weighted by Gasteiger charge is -2.48. The van der Waals surface area contributed by atoms with Gasteiger partial charge in [-0.1, -0.05) is 55.4 Å². The van der Waals surface area contributed by atoms with Gasteiger partial charge >= 0.3 is 0 Å². The SMILES string of the molecule is CC(=O)[C@H](N[C@H](C=O)[C@@H](C)O)N1CCN(C(=O)[C@H](N[C@H](C=O)CC(C)C)N2CCN(C(=O)[C@@H](C)N[C@H](C=O)CC(C)C)[C@@H](N[C@H](C=O)CC(C)C)C2=O)[C@@H](N[C@H](C=O)CC(C)C)C1=O. The molecule has 20 heteroatoms. The summed E-state index contributed by atoms with van der Waals surface area (Å²) in [6, 6.07) is -5.70. The maximum Gasteiger partial charge on any atom is 0.262 e. The number of nitrogens with one attached hydrogen (secondary N) is 5. The maximum absolute atomic E-state index is 15.2. The molecule has 2 fully saturated rings. The van der Waals surface area contributed by atoms with Gasteiger partial charge in [-0.05, 0) is 70.1 Å². The summed E-state index contributed by atoms with van der Waals surface area (Å²) in [6.45, 7) is 18.2. The van der Waals surface area contributed by atoms with Crippen molar-refractivity contribution in [1.29, 1.82) is 0 Å². The Morgan fingerprint density at radius 1 is 0.547 bits per heavy atom. The van der Waals surface area contributed by atoms with Gasteiger partial charge in [0, 0.05) is 26.2 Å². The molecule has 2 rings (SSSR count). The van der Waals surface area contributed by atoms with Crippen molar-refractivity contribution in [2.45, 2.75) is 169 Å². The number of ketones is 1. The molecule has 0 radical (unpaired) electrons. The average Bonchev–Trinajstić information content (AvgIpc) is 3.22. The van der Waals surface area contributed by atoms with Gasteiger partial charge in [0.25, 0.3) is 17.7 Å². The van der Waals surface area contributed by atoms with Crippen LogP contribution < -0.4 is 26.6 Å². The van der Waals surface area contributed by atoms with E-state index in [0.717, 1.165) is 16.1 Å². The van der Waals surface area contributed by atoms with Crippen LogP contribution in [0.15, 0.2) is 0 Å². The van der Waals surface area contributed by atoms with Crippen LogP contribution >= 0.6 is 0 Å². The molecule has 0 unspecified atom stereocenters. The number of aliphatic hydroxyl groups is 1. The Kier molecular flexibility index (Phi) is 23.2. The van der Waals surface area contributed by atoms with Crippen molar-refractivity contribution < 1.29 is 53.1 Å². The third-order valence-electron chi connectivity index (χ3n) is 11.2. The summed E-state index contributed by atoms with van der Waals surface area (Å²) < 4.78 is 0. The molecule has 4 amide bonds. The number of amides is 4. The number of rotatable bonds is 29. The quantitative estimate of drug-likeness (QED) is 0.0490. The summed E-state index contributed by atoms with van der Waals surface area (Å²) in [7, 11) is 0. The van der Waals surface area contributed by atoms with Crippen LogP contribution in [0, 0.1) is 23.7 Å². The molecule has 2 aliphatic rings. The predicted molar refractivity (Wildman–Crippen MR) is 237 cm³/mol. The molecule has 6 N–H and O–H groups in total. The number of nitrogens with zero attached hydrogens (tertiary/aromatic N) is 4. The third-order valence-corrected chi connectivity index (χ3v) is 11.2. The lowest BCUT2D eigenvalue weighted by atomic mass is 10.0. The number of hydrogen-bond donors (Lipinski definition) is 6. The van der Waals surface area contributed by atoms with Crippen molar-refractivity contribution >= 4 is 60.8 Å². The molecule has 0 spiro atoms. The van der Waals surface area contributed by atoms with Crippen LogP contribution in [0.5, 0.6) is 0 Å². The highest BCUT2D eigenvalue weighted by molar-refractivity contribution is 5.97. The Balaban J connectivity index is 2.78. The number of aldehydes is 5. The topological polar surface area (TPSA) is 264 Å². The number of carbonyl (C=O) groups excluding carboxylic acids is 10. The van der Waals surface area contributed by atoms with Crippen molar-refractivity contribution in [3.8, 4) is 0 Å². The van der Waals surface area contributed by atoms with E-state index in [2.05, 4.69) is 26.6 Å². The Bertz CT molecular complexity index is 1610. The molecule has 0 saturated carbocycles. The number of carbonyl (C=O) groups is 10. The van der Waals surface area contributed by atoms with Crippen molar-refractivity contribution in [3.63, 3.8) is 0 Å². The van der Waals surface area contributed by atoms with Crippen LogP contribution in [0.1, 0.15) is 102 Å². The van der Waals surface area contributed by atoms with Crippen LogP contribution in [-0.2, 0) is 47.9 Å². The molecule has 0 aromatic heterocycles. The van der Waals surface area contributed by atoms with Gasteiger partial charge in [-0.15, -0.1) is 0 Å². The van der Waals surface area contributed by atoms with Crippen molar-refractivity contribution in [3.05, 3.63) is 0 Å². The fraction of sp³-hybridized carbons (Fsp3) is 0.773. The minimum absolute atomic E-state index is 0.00677. The van der Waals surface area contributed by atoms with E-state index in [1.165, 1.54) is 23.6 Å². The fourth-order valence-corrected chi connectivity index (χ4v) is 8.09. The highest BCUT2D eigenvalue weighted by Gasteiger charge is 2.49. The third kappa shape index (κ3) is 16.0. The highest BCUT2D eigenvalue weighted by Crippen LogP contribution is 2.22. The molecule has 0 aliphatic carbocycles. The van der Waals surface area contributed by atoms with Gasteiger partial charge in [0.1, 0.15) is 37.6 Å². The predicted octanol–water partition coefficient (Wildman–Crippen LogP) is -1.04. The smallest absolute Gasteiger partial charge is 0.262 e. The lowest BCUT2D eigenvalue weighted by molar-refractivity contribution is -0.168. The summed E-state index contributed by atoms with van der Waals surface area (Å²) in [4.78, 5) is 138. The molecule has 0 aromatic rings. The molecule has 11 atom stereocenters. The van der Waals surface area contributed by atoms with E-state index < -0.39 is 96.4 Å². The first-order valence-corrected chi connectivity index (χ1v) is 22.5. The number of hydrogen-bond acceptors (Lipinski definition) is 16. The monoisotopic (exact) mass is 906 g/mol. The second-order valence-electron chi connectivity index (χ2n) is 18.8. The molecule has 362 valence electrons. The molecule has 0 aromatic carbocycles. The Morgan fingerprint density at radius 2 is 0.922 bits per heavy atom. The average molecular weight is 906 g/mol. The van der Waals surface area contributed by atoms with Gasteiger partial charge in [-0.2, -0.15) is 0 Å². The molecular formula is C44H75N9O11. The van der Waals surface area contributed by atoms with E-state index in [9.17, 15) is 48.3 Å². The highest BCUT2D eigenvalue weighted by atomic mass is 16.3. The zero-order valence-electron chi connectivity index (χ0n) is 39.5. The molecule has 2 heterocycles. The van der Waals surface area contributed by atoms with E-state index in [0.29, 0.717) is 38.0 Å². The lowest BCUT2D eigenvalue weighted by Crippen LogP contribution is -2.75. The second-order valence-corrected chi connectivity index (χ2v) is 18.8. The van der Waals surface area contributed by atoms with Gasteiger partial charge in [0.05, 0.1) is 42.4 Å². The summed E-state index contributed by atoms with van der Waals surface area (Å²) in [5.41, 5.74) is 0. The normalized spacial score (nSPS) is 21.6. The molecular weight excluding hydrogens is 831 g/mol. The van der Waals surface area contributed by atoms with Crippen molar-refractivity contribution in [2.24, 2.45) is 23.7 Å².